The molecule has 0 spiro atoms. The number of hydrogen-bond donors (Lipinski definition) is 2. The van der Waals surface area contributed by atoms with Crippen molar-refractivity contribution in [2.75, 3.05) is 13.1 Å². The zero-order valence-electron chi connectivity index (χ0n) is 10.0. The molecule has 0 aromatic rings. The monoisotopic (exact) mass is 243 g/mol. The van der Waals surface area contributed by atoms with Crippen LogP contribution in [-0.4, -0.2) is 52.6 Å². The number of aliphatic hydroxyl groups is 1. The lowest BCUT2D eigenvalue weighted by atomic mass is 9.94. The van der Waals surface area contributed by atoms with Gasteiger partial charge in [0.15, 0.2) is 0 Å². The van der Waals surface area contributed by atoms with Gasteiger partial charge < -0.3 is 19.8 Å². The quantitative estimate of drug-likeness (QED) is 0.770. The maximum atomic E-state index is 10.7. The lowest BCUT2D eigenvalue weighted by Crippen LogP contribution is -2.41. The van der Waals surface area contributed by atoms with Crippen molar-refractivity contribution in [1.29, 1.82) is 0 Å². The Balaban J connectivity index is 1.69. The van der Waals surface area contributed by atoms with Crippen molar-refractivity contribution in [2.45, 2.75) is 56.8 Å². The summed E-state index contributed by atoms with van der Waals surface area (Å²) in [6.07, 6.45) is 4.60. The summed E-state index contributed by atoms with van der Waals surface area (Å²) in [5, 5.41) is 18.2. The molecule has 1 saturated heterocycles. The van der Waals surface area contributed by atoms with Gasteiger partial charge >= 0.3 is 6.09 Å². The molecule has 2 fully saturated rings. The van der Waals surface area contributed by atoms with Gasteiger partial charge in [0.1, 0.15) is 0 Å². The average molecular weight is 243 g/mol. The van der Waals surface area contributed by atoms with Crippen LogP contribution in [0.5, 0.6) is 0 Å². The van der Waals surface area contributed by atoms with E-state index in [2.05, 4.69) is 0 Å². The molecule has 2 rings (SSSR count). The molecule has 1 aliphatic carbocycles. The van der Waals surface area contributed by atoms with Gasteiger partial charge in [-0.1, -0.05) is 0 Å². The molecule has 0 unspecified atom stereocenters. The number of carboxylic acid groups (broad SMARTS) is 1. The number of rotatable bonds is 2. The van der Waals surface area contributed by atoms with E-state index < -0.39 is 6.09 Å². The average Bonchev–Trinajstić information content (AvgIpc) is 2.33. The molecule has 2 N–H and O–H groups in total. The molecule has 1 amide bonds. The Morgan fingerprint density at radius 2 is 1.53 bits per heavy atom. The fraction of sp³-hybridized carbons (Fsp3) is 0.917. The van der Waals surface area contributed by atoms with Gasteiger partial charge in [-0.15, -0.1) is 0 Å². The van der Waals surface area contributed by atoms with E-state index in [0.717, 1.165) is 38.5 Å². The van der Waals surface area contributed by atoms with Gasteiger partial charge in [0.05, 0.1) is 18.3 Å². The number of likely N-dealkylation sites (tertiary alicyclic amines) is 1. The maximum Gasteiger partial charge on any atom is 0.407 e. The lowest BCUT2D eigenvalue weighted by Gasteiger charge is -2.34. The summed E-state index contributed by atoms with van der Waals surface area (Å²) in [7, 11) is 0. The molecular formula is C12H21NO4. The molecule has 0 radical (unpaired) electrons. The Labute approximate surface area is 101 Å². The highest BCUT2D eigenvalue weighted by Crippen LogP contribution is 2.25. The fourth-order valence-electron chi connectivity index (χ4n) is 2.64. The van der Waals surface area contributed by atoms with Crippen LogP contribution in [-0.2, 0) is 4.74 Å². The van der Waals surface area contributed by atoms with E-state index in [1.54, 1.807) is 0 Å². The van der Waals surface area contributed by atoms with Crippen molar-refractivity contribution in [2.24, 2.45) is 0 Å². The van der Waals surface area contributed by atoms with Crippen molar-refractivity contribution in [3.8, 4) is 0 Å². The van der Waals surface area contributed by atoms with E-state index in [-0.39, 0.29) is 18.3 Å². The van der Waals surface area contributed by atoms with E-state index in [9.17, 15) is 9.90 Å². The van der Waals surface area contributed by atoms with Gasteiger partial charge in [-0.3, -0.25) is 0 Å². The van der Waals surface area contributed by atoms with E-state index in [0.29, 0.717) is 13.1 Å². The standard InChI is InChI=1S/C12H21NO4/c14-9-1-3-10(4-2-9)17-11-5-7-13(8-6-11)12(15)16/h9-11,14H,1-8H2,(H,15,16)/t9-,10-. The van der Waals surface area contributed by atoms with E-state index >= 15 is 0 Å². The van der Waals surface area contributed by atoms with Crippen molar-refractivity contribution in [1.82, 2.24) is 4.90 Å². The van der Waals surface area contributed by atoms with Gasteiger partial charge in [-0.25, -0.2) is 4.79 Å². The van der Waals surface area contributed by atoms with Gasteiger partial charge in [0.2, 0.25) is 0 Å². The second kappa shape index (κ2) is 5.69. The second-order valence-electron chi connectivity index (χ2n) is 5.04. The maximum absolute atomic E-state index is 10.7. The van der Waals surface area contributed by atoms with Crippen molar-refractivity contribution < 1.29 is 19.7 Å². The summed E-state index contributed by atoms with van der Waals surface area (Å²) in [6, 6.07) is 0. The number of carbonyl (C=O) groups is 1. The highest BCUT2D eigenvalue weighted by atomic mass is 16.5. The summed E-state index contributed by atoms with van der Waals surface area (Å²) in [4.78, 5) is 12.2. The SMILES string of the molecule is O=C(O)N1CCC(O[C@H]2CC[C@H](O)CC2)CC1. The van der Waals surface area contributed by atoms with Crippen LogP contribution in [0.2, 0.25) is 0 Å². The summed E-state index contributed by atoms with van der Waals surface area (Å²) in [6.45, 7) is 1.16. The van der Waals surface area contributed by atoms with Crippen LogP contribution in [0.3, 0.4) is 0 Å². The number of hydrogen-bond acceptors (Lipinski definition) is 3. The molecule has 0 atom stereocenters. The summed E-state index contributed by atoms with van der Waals surface area (Å²) < 4.78 is 5.98. The van der Waals surface area contributed by atoms with Crippen molar-refractivity contribution in [3.05, 3.63) is 0 Å². The summed E-state index contributed by atoms with van der Waals surface area (Å²) in [5.41, 5.74) is 0. The number of aliphatic hydroxyl groups excluding tert-OH is 1. The van der Waals surface area contributed by atoms with Crippen LogP contribution in [0.4, 0.5) is 4.79 Å². The molecule has 0 aromatic heterocycles. The van der Waals surface area contributed by atoms with Crippen molar-refractivity contribution >= 4 is 6.09 Å². The highest BCUT2D eigenvalue weighted by molar-refractivity contribution is 5.64. The number of nitrogens with zero attached hydrogens (tertiary/aromatic N) is 1. The molecule has 5 heteroatoms. The first-order valence-electron chi connectivity index (χ1n) is 6.46. The Bertz CT molecular complexity index is 255. The number of amides is 1. The van der Waals surface area contributed by atoms with E-state index in [4.69, 9.17) is 9.84 Å². The van der Waals surface area contributed by atoms with E-state index in [1.165, 1.54) is 4.90 Å². The van der Waals surface area contributed by atoms with E-state index in [1.807, 2.05) is 0 Å². The zero-order valence-corrected chi connectivity index (χ0v) is 10.0. The first-order valence-corrected chi connectivity index (χ1v) is 6.46. The first-order chi connectivity index (χ1) is 8.15. The van der Waals surface area contributed by atoms with Gasteiger partial charge in [0.25, 0.3) is 0 Å². The normalized spacial score (nSPS) is 31.5. The number of ether oxygens (including phenoxy) is 1. The lowest BCUT2D eigenvalue weighted by molar-refractivity contribution is -0.0665. The first kappa shape index (κ1) is 12.6. The molecule has 1 saturated carbocycles. The second-order valence-corrected chi connectivity index (χ2v) is 5.04. The topological polar surface area (TPSA) is 70.0 Å². The van der Waals surface area contributed by atoms with Gasteiger partial charge in [0, 0.05) is 13.1 Å². The smallest absolute Gasteiger partial charge is 0.407 e. The predicted octanol–water partition coefficient (Wildman–Crippen LogP) is 1.45. The summed E-state index contributed by atoms with van der Waals surface area (Å²) in [5.74, 6) is 0. The van der Waals surface area contributed by atoms with Crippen LogP contribution >= 0.6 is 0 Å². The zero-order chi connectivity index (χ0) is 12.3. The fourth-order valence-corrected chi connectivity index (χ4v) is 2.64. The van der Waals surface area contributed by atoms with Crippen LogP contribution in [0.25, 0.3) is 0 Å². The molecule has 98 valence electrons. The largest absolute Gasteiger partial charge is 0.465 e. The third-order valence-electron chi connectivity index (χ3n) is 3.74. The Hall–Kier alpha value is -0.810. The molecule has 5 nitrogen and oxygen atoms in total. The molecule has 2 aliphatic rings. The molecular weight excluding hydrogens is 222 g/mol. The van der Waals surface area contributed by atoms with Crippen LogP contribution in [0, 0.1) is 0 Å². The third kappa shape index (κ3) is 3.57. The van der Waals surface area contributed by atoms with Crippen LogP contribution < -0.4 is 0 Å². The minimum atomic E-state index is -0.829. The molecule has 0 aromatic carbocycles. The highest BCUT2D eigenvalue weighted by Gasteiger charge is 2.27. The Morgan fingerprint density at radius 1 is 1.00 bits per heavy atom. The molecule has 17 heavy (non-hydrogen) atoms. The van der Waals surface area contributed by atoms with Crippen LogP contribution in [0.15, 0.2) is 0 Å². The molecule has 1 aliphatic heterocycles. The minimum absolute atomic E-state index is 0.149. The Morgan fingerprint density at radius 3 is 2.06 bits per heavy atom. The molecule has 1 heterocycles. The van der Waals surface area contributed by atoms with Crippen LogP contribution in [0.1, 0.15) is 38.5 Å². The Kier molecular flexibility index (Phi) is 4.23. The summed E-state index contributed by atoms with van der Waals surface area (Å²) >= 11 is 0. The minimum Gasteiger partial charge on any atom is -0.465 e. The third-order valence-corrected chi connectivity index (χ3v) is 3.74. The number of piperidine rings is 1. The molecule has 0 bridgehead atoms. The van der Waals surface area contributed by atoms with Gasteiger partial charge in [-0.2, -0.15) is 0 Å². The van der Waals surface area contributed by atoms with Gasteiger partial charge in [-0.05, 0) is 38.5 Å². The predicted molar refractivity (Wildman–Crippen MR) is 62.0 cm³/mol. The van der Waals surface area contributed by atoms with Crippen molar-refractivity contribution in [3.63, 3.8) is 0 Å².